The molecule has 1 atom stereocenters. The van der Waals surface area contributed by atoms with Crippen molar-refractivity contribution in [3.63, 3.8) is 0 Å². The number of carboxylic acid groups (broad SMARTS) is 1. The number of carbonyl (C=O) groups is 1. The van der Waals surface area contributed by atoms with E-state index in [4.69, 9.17) is 14.6 Å². The zero-order valence-electron chi connectivity index (χ0n) is 11.3. The zero-order chi connectivity index (χ0) is 13.9. The predicted octanol–water partition coefficient (Wildman–Crippen LogP) is 3.04. The second-order valence-corrected chi connectivity index (χ2v) is 6.40. The lowest BCUT2D eigenvalue weighted by Crippen LogP contribution is -2.17. The lowest BCUT2D eigenvalue weighted by atomic mass is 9.90. The van der Waals surface area contributed by atoms with Crippen LogP contribution in [0.4, 0.5) is 0 Å². The molecule has 0 amide bonds. The topological polar surface area (TPSA) is 55.8 Å². The third-order valence-electron chi connectivity index (χ3n) is 3.70. The lowest BCUT2D eigenvalue weighted by Gasteiger charge is -2.28. The van der Waals surface area contributed by atoms with E-state index in [0.717, 1.165) is 30.8 Å². The summed E-state index contributed by atoms with van der Waals surface area (Å²) in [7, 11) is 0. The second-order valence-electron chi connectivity index (χ2n) is 5.09. The van der Waals surface area contributed by atoms with Crippen molar-refractivity contribution < 1.29 is 19.4 Å². The average Bonchev–Trinajstić information content (AvgIpc) is 2.45. The number of thioether (sulfide) groups is 1. The van der Waals surface area contributed by atoms with Crippen molar-refractivity contribution in [2.75, 3.05) is 19.0 Å². The summed E-state index contributed by atoms with van der Waals surface area (Å²) in [6, 6.07) is 4.20. The van der Waals surface area contributed by atoms with E-state index < -0.39 is 5.97 Å². The summed E-state index contributed by atoms with van der Waals surface area (Å²) in [5, 5.41) is 9.13. The summed E-state index contributed by atoms with van der Waals surface area (Å²) in [6.07, 6.45) is 3.55. The zero-order valence-corrected chi connectivity index (χ0v) is 12.1. The van der Waals surface area contributed by atoms with E-state index in [1.54, 1.807) is 11.8 Å². The highest BCUT2D eigenvalue weighted by molar-refractivity contribution is 7.99. The van der Waals surface area contributed by atoms with Gasteiger partial charge in [-0.1, -0.05) is 0 Å². The van der Waals surface area contributed by atoms with Crippen molar-refractivity contribution in [1.29, 1.82) is 0 Å². The van der Waals surface area contributed by atoms with Crippen molar-refractivity contribution in [2.45, 2.75) is 30.9 Å². The first-order valence-corrected chi connectivity index (χ1v) is 8.05. The highest BCUT2D eigenvalue weighted by atomic mass is 32.2. The Morgan fingerprint density at radius 1 is 1.30 bits per heavy atom. The molecule has 5 heteroatoms. The molecule has 1 N–H and O–H groups in total. The molecule has 0 saturated carbocycles. The third-order valence-corrected chi connectivity index (χ3v) is 5.03. The van der Waals surface area contributed by atoms with Gasteiger partial charge in [-0.05, 0) is 42.5 Å². The first-order valence-electron chi connectivity index (χ1n) is 7.00. The fourth-order valence-electron chi connectivity index (χ4n) is 2.76. The molecule has 1 aliphatic heterocycles. The molecule has 3 rings (SSSR count). The van der Waals surface area contributed by atoms with Crippen LogP contribution >= 0.6 is 11.8 Å². The Morgan fingerprint density at radius 3 is 2.80 bits per heavy atom. The molecule has 0 spiro atoms. The maximum atomic E-state index is 10.6. The Balaban J connectivity index is 1.78. The first-order chi connectivity index (χ1) is 9.74. The van der Waals surface area contributed by atoms with Crippen LogP contribution in [0.2, 0.25) is 0 Å². The van der Waals surface area contributed by atoms with Crippen LogP contribution in [-0.2, 0) is 11.2 Å². The number of carboxylic acids is 1. The minimum atomic E-state index is -0.726. The van der Waals surface area contributed by atoms with Gasteiger partial charge in [0.05, 0.1) is 6.42 Å². The Bertz CT molecular complexity index is 515. The largest absolute Gasteiger partial charge is 0.486 e. The Morgan fingerprint density at radius 2 is 2.05 bits per heavy atom. The van der Waals surface area contributed by atoms with Crippen LogP contribution in [0.3, 0.4) is 0 Å². The van der Waals surface area contributed by atoms with E-state index in [1.165, 1.54) is 11.1 Å². The molecular formula is C15H18O4S. The van der Waals surface area contributed by atoms with E-state index >= 15 is 0 Å². The van der Waals surface area contributed by atoms with Gasteiger partial charge in [0.25, 0.3) is 0 Å². The van der Waals surface area contributed by atoms with Gasteiger partial charge in [0.15, 0.2) is 11.5 Å². The number of hydrogen-bond donors (Lipinski definition) is 1. The number of ether oxygens (including phenoxy) is 2. The minimum absolute atomic E-state index is 0.223. The normalized spacial score (nSPS) is 20.3. The van der Waals surface area contributed by atoms with Gasteiger partial charge in [-0.15, -0.1) is 0 Å². The van der Waals surface area contributed by atoms with Gasteiger partial charge in [0.1, 0.15) is 13.2 Å². The van der Waals surface area contributed by atoms with Crippen LogP contribution in [0.1, 0.15) is 35.6 Å². The molecule has 0 radical (unpaired) electrons. The van der Waals surface area contributed by atoms with Crippen LogP contribution in [0, 0.1) is 0 Å². The Hall–Kier alpha value is -1.36. The van der Waals surface area contributed by atoms with E-state index in [-0.39, 0.29) is 6.42 Å². The quantitative estimate of drug-likeness (QED) is 0.925. The predicted molar refractivity (Wildman–Crippen MR) is 77.8 cm³/mol. The number of benzene rings is 1. The SMILES string of the molecule is O=C(O)CCSC1CCCc2cc3c(cc21)OCCO3. The van der Waals surface area contributed by atoms with Gasteiger partial charge < -0.3 is 14.6 Å². The molecular weight excluding hydrogens is 276 g/mol. The van der Waals surface area contributed by atoms with E-state index in [0.29, 0.717) is 24.2 Å². The Labute approximate surface area is 122 Å². The second kappa shape index (κ2) is 5.95. The van der Waals surface area contributed by atoms with Crippen molar-refractivity contribution in [3.05, 3.63) is 23.3 Å². The average molecular weight is 294 g/mol. The molecule has 1 aromatic carbocycles. The van der Waals surface area contributed by atoms with Crippen LogP contribution in [-0.4, -0.2) is 30.0 Å². The number of aryl methyl sites for hydroxylation is 1. The molecule has 2 aliphatic rings. The van der Waals surface area contributed by atoms with Crippen LogP contribution < -0.4 is 9.47 Å². The van der Waals surface area contributed by atoms with Crippen LogP contribution in [0.15, 0.2) is 12.1 Å². The monoisotopic (exact) mass is 294 g/mol. The molecule has 4 nitrogen and oxygen atoms in total. The van der Waals surface area contributed by atoms with Gasteiger partial charge >= 0.3 is 5.97 Å². The van der Waals surface area contributed by atoms with Gasteiger partial charge in [0, 0.05) is 11.0 Å². The summed E-state index contributed by atoms with van der Waals surface area (Å²) in [6.45, 7) is 1.21. The summed E-state index contributed by atoms with van der Waals surface area (Å²) in [4.78, 5) is 10.6. The molecule has 1 heterocycles. The van der Waals surface area contributed by atoms with E-state index in [1.807, 2.05) is 0 Å². The van der Waals surface area contributed by atoms with Crippen LogP contribution in [0.25, 0.3) is 0 Å². The Kier molecular flexibility index (Phi) is 4.05. The molecule has 108 valence electrons. The molecule has 0 bridgehead atoms. The fraction of sp³-hybridized carbons (Fsp3) is 0.533. The molecule has 0 aromatic heterocycles. The maximum absolute atomic E-state index is 10.6. The van der Waals surface area contributed by atoms with Gasteiger partial charge in [-0.2, -0.15) is 11.8 Å². The summed E-state index contributed by atoms with van der Waals surface area (Å²) >= 11 is 1.74. The summed E-state index contributed by atoms with van der Waals surface area (Å²) in [5.74, 6) is 1.62. The number of fused-ring (bicyclic) bond motifs is 2. The molecule has 1 aromatic rings. The van der Waals surface area contributed by atoms with Crippen LogP contribution in [0.5, 0.6) is 11.5 Å². The van der Waals surface area contributed by atoms with Crippen molar-refractivity contribution in [1.82, 2.24) is 0 Å². The molecule has 1 aliphatic carbocycles. The molecule has 0 saturated heterocycles. The summed E-state index contributed by atoms with van der Waals surface area (Å²) < 4.78 is 11.3. The minimum Gasteiger partial charge on any atom is -0.486 e. The maximum Gasteiger partial charge on any atom is 0.304 e. The first kappa shape index (κ1) is 13.6. The van der Waals surface area contributed by atoms with Gasteiger partial charge in [-0.3, -0.25) is 4.79 Å². The standard InChI is InChI=1S/C15H18O4S/c16-15(17)4-7-20-14-3-1-2-10-8-12-13(9-11(10)14)19-6-5-18-12/h8-9,14H,1-7H2,(H,16,17). The number of hydrogen-bond acceptors (Lipinski definition) is 4. The lowest BCUT2D eigenvalue weighted by molar-refractivity contribution is -0.136. The van der Waals surface area contributed by atoms with Gasteiger partial charge in [0.2, 0.25) is 0 Å². The highest BCUT2D eigenvalue weighted by Crippen LogP contribution is 2.44. The number of rotatable bonds is 4. The summed E-state index contributed by atoms with van der Waals surface area (Å²) in [5.41, 5.74) is 2.63. The van der Waals surface area contributed by atoms with E-state index in [9.17, 15) is 4.79 Å². The number of aliphatic carboxylic acids is 1. The fourth-order valence-corrected chi connectivity index (χ4v) is 4.07. The molecule has 20 heavy (non-hydrogen) atoms. The highest BCUT2D eigenvalue weighted by Gasteiger charge is 2.24. The molecule has 1 unspecified atom stereocenters. The van der Waals surface area contributed by atoms with Crippen molar-refractivity contribution in [3.8, 4) is 11.5 Å². The van der Waals surface area contributed by atoms with E-state index in [2.05, 4.69) is 12.1 Å². The third kappa shape index (κ3) is 2.87. The van der Waals surface area contributed by atoms with Crippen molar-refractivity contribution in [2.24, 2.45) is 0 Å². The van der Waals surface area contributed by atoms with Gasteiger partial charge in [-0.25, -0.2) is 0 Å². The smallest absolute Gasteiger partial charge is 0.304 e. The van der Waals surface area contributed by atoms with Crippen molar-refractivity contribution >= 4 is 17.7 Å². The molecule has 0 fully saturated rings.